The summed E-state index contributed by atoms with van der Waals surface area (Å²) >= 11 is 6.32. The molecule has 3 rings (SSSR count). The van der Waals surface area contributed by atoms with Crippen molar-refractivity contribution in [3.05, 3.63) is 59.6 Å². The first-order valence-corrected chi connectivity index (χ1v) is 8.21. The van der Waals surface area contributed by atoms with E-state index in [9.17, 15) is 9.50 Å². The van der Waals surface area contributed by atoms with E-state index in [2.05, 4.69) is 4.98 Å². The topological polar surface area (TPSA) is 47.3 Å². The highest BCUT2D eigenvalue weighted by Gasteiger charge is 2.23. The number of aliphatic hydroxyl groups is 1. The van der Waals surface area contributed by atoms with E-state index in [1.807, 2.05) is 30.3 Å². The minimum atomic E-state index is -0.621. The maximum Gasteiger partial charge on any atom is 0.175 e. The van der Waals surface area contributed by atoms with E-state index >= 15 is 0 Å². The molecule has 0 spiro atoms. The van der Waals surface area contributed by atoms with Crippen LogP contribution in [0.5, 0.6) is 5.75 Å². The molecule has 0 unspecified atom stereocenters. The summed E-state index contributed by atoms with van der Waals surface area (Å²) in [5.41, 5.74) is 2.14. The SMILES string of the molecule is COc1ccc(Cl)c(-c2c(-c3ccccc3)ncn2C[C@H](C)O)c1F. The van der Waals surface area contributed by atoms with Crippen LogP contribution in [0.25, 0.3) is 22.5 Å². The Kier molecular flexibility index (Phi) is 5.06. The lowest BCUT2D eigenvalue weighted by Crippen LogP contribution is -2.12. The zero-order valence-corrected chi connectivity index (χ0v) is 14.7. The minimum Gasteiger partial charge on any atom is -0.494 e. The Morgan fingerprint density at radius 2 is 1.96 bits per heavy atom. The molecule has 0 fully saturated rings. The summed E-state index contributed by atoms with van der Waals surface area (Å²) in [5.74, 6) is -0.456. The van der Waals surface area contributed by atoms with E-state index in [4.69, 9.17) is 16.3 Å². The van der Waals surface area contributed by atoms with Gasteiger partial charge in [0.1, 0.15) is 0 Å². The van der Waals surface area contributed by atoms with Gasteiger partial charge < -0.3 is 14.4 Å². The monoisotopic (exact) mass is 360 g/mol. The van der Waals surface area contributed by atoms with E-state index in [-0.39, 0.29) is 22.9 Å². The van der Waals surface area contributed by atoms with Gasteiger partial charge >= 0.3 is 0 Å². The first-order chi connectivity index (χ1) is 12.0. The van der Waals surface area contributed by atoms with Crippen LogP contribution in [0.2, 0.25) is 5.02 Å². The number of aromatic nitrogens is 2. The highest BCUT2D eigenvalue weighted by molar-refractivity contribution is 6.33. The fourth-order valence-corrected chi connectivity index (χ4v) is 3.02. The average Bonchev–Trinajstić information content (AvgIpc) is 2.99. The van der Waals surface area contributed by atoms with Gasteiger partial charge in [-0.05, 0) is 19.1 Å². The molecule has 1 N–H and O–H groups in total. The molecular formula is C19H18ClFN2O2. The molecule has 0 saturated heterocycles. The summed E-state index contributed by atoms with van der Waals surface area (Å²) in [6.07, 6.45) is 0.962. The predicted octanol–water partition coefficient (Wildman–Crippen LogP) is 4.40. The van der Waals surface area contributed by atoms with Gasteiger partial charge in [-0.15, -0.1) is 0 Å². The number of aliphatic hydroxyl groups excluding tert-OH is 1. The molecule has 3 aromatic rings. The Bertz CT molecular complexity index is 879. The lowest BCUT2D eigenvalue weighted by Gasteiger charge is -2.15. The van der Waals surface area contributed by atoms with E-state index in [1.54, 1.807) is 23.9 Å². The summed E-state index contributed by atoms with van der Waals surface area (Å²) < 4.78 is 21.8. The molecule has 6 heteroatoms. The molecule has 1 heterocycles. The molecule has 0 aliphatic rings. The summed E-state index contributed by atoms with van der Waals surface area (Å²) in [4.78, 5) is 4.44. The van der Waals surface area contributed by atoms with Crippen molar-refractivity contribution in [2.45, 2.75) is 19.6 Å². The van der Waals surface area contributed by atoms with Crippen molar-refractivity contribution in [2.75, 3.05) is 7.11 Å². The van der Waals surface area contributed by atoms with Gasteiger partial charge in [-0.1, -0.05) is 41.9 Å². The van der Waals surface area contributed by atoms with Crippen LogP contribution >= 0.6 is 11.6 Å². The van der Waals surface area contributed by atoms with Crippen LogP contribution in [0.1, 0.15) is 6.92 Å². The van der Waals surface area contributed by atoms with Crippen LogP contribution in [0.15, 0.2) is 48.8 Å². The van der Waals surface area contributed by atoms with Crippen LogP contribution in [0.4, 0.5) is 4.39 Å². The number of imidazole rings is 1. The summed E-state index contributed by atoms with van der Waals surface area (Å²) in [6.45, 7) is 1.93. The smallest absolute Gasteiger partial charge is 0.175 e. The fourth-order valence-electron chi connectivity index (χ4n) is 2.78. The Morgan fingerprint density at radius 1 is 1.24 bits per heavy atom. The van der Waals surface area contributed by atoms with E-state index in [1.165, 1.54) is 13.2 Å². The third kappa shape index (κ3) is 3.38. The van der Waals surface area contributed by atoms with Crippen LogP contribution < -0.4 is 4.74 Å². The molecule has 0 aliphatic heterocycles. The van der Waals surface area contributed by atoms with Crippen LogP contribution in [-0.2, 0) is 6.54 Å². The lowest BCUT2D eigenvalue weighted by atomic mass is 10.0. The van der Waals surface area contributed by atoms with Crippen LogP contribution in [0.3, 0.4) is 0 Å². The summed E-state index contributed by atoms with van der Waals surface area (Å²) in [5, 5.41) is 10.0. The normalized spacial score (nSPS) is 12.2. The number of hydrogen-bond donors (Lipinski definition) is 1. The van der Waals surface area contributed by atoms with Gasteiger partial charge in [0.2, 0.25) is 0 Å². The molecule has 130 valence electrons. The molecule has 0 radical (unpaired) electrons. The molecule has 0 amide bonds. The highest BCUT2D eigenvalue weighted by Crippen LogP contribution is 2.40. The highest BCUT2D eigenvalue weighted by atomic mass is 35.5. The molecule has 2 aromatic carbocycles. The number of methoxy groups -OCH3 is 1. The van der Waals surface area contributed by atoms with Gasteiger partial charge in [-0.2, -0.15) is 0 Å². The van der Waals surface area contributed by atoms with Gasteiger partial charge in [0.05, 0.1) is 41.5 Å². The second-order valence-corrected chi connectivity index (χ2v) is 6.16. The van der Waals surface area contributed by atoms with E-state index < -0.39 is 11.9 Å². The van der Waals surface area contributed by atoms with Crippen molar-refractivity contribution >= 4 is 11.6 Å². The quantitative estimate of drug-likeness (QED) is 0.733. The first-order valence-electron chi connectivity index (χ1n) is 7.84. The van der Waals surface area contributed by atoms with Gasteiger partial charge in [0.25, 0.3) is 0 Å². The second kappa shape index (κ2) is 7.25. The maximum absolute atomic E-state index is 15.0. The Hall–Kier alpha value is -2.37. The second-order valence-electron chi connectivity index (χ2n) is 5.75. The number of ether oxygens (including phenoxy) is 1. The van der Waals surface area contributed by atoms with Crippen molar-refractivity contribution in [3.8, 4) is 28.3 Å². The standard InChI is InChI=1S/C19H18ClFN2O2/c1-12(24)10-23-11-22-18(13-6-4-3-5-7-13)19(23)16-14(20)8-9-15(25-2)17(16)21/h3-9,11-12,24H,10H2,1-2H3/t12-/m0/s1. The van der Waals surface area contributed by atoms with Crippen LogP contribution in [-0.4, -0.2) is 27.9 Å². The molecular weight excluding hydrogens is 343 g/mol. The van der Waals surface area contributed by atoms with Gasteiger partial charge in [0.15, 0.2) is 11.6 Å². The largest absolute Gasteiger partial charge is 0.494 e. The van der Waals surface area contributed by atoms with Gasteiger partial charge in [0, 0.05) is 12.1 Å². The number of nitrogens with zero attached hydrogens (tertiary/aromatic N) is 2. The van der Waals surface area contributed by atoms with Crippen molar-refractivity contribution in [2.24, 2.45) is 0 Å². The third-order valence-corrected chi connectivity index (χ3v) is 4.17. The zero-order valence-electron chi connectivity index (χ0n) is 13.9. The van der Waals surface area contributed by atoms with Gasteiger partial charge in [-0.3, -0.25) is 0 Å². The molecule has 0 saturated carbocycles. The maximum atomic E-state index is 15.0. The predicted molar refractivity (Wildman–Crippen MR) is 96.3 cm³/mol. The fraction of sp³-hybridized carbons (Fsp3) is 0.211. The molecule has 0 bridgehead atoms. The Morgan fingerprint density at radius 3 is 2.60 bits per heavy atom. The van der Waals surface area contributed by atoms with Gasteiger partial charge in [-0.25, -0.2) is 9.37 Å². The number of hydrogen-bond acceptors (Lipinski definition) is 3. The van der Waals surface area contributed by atoms with E-state index in [0.29, 0.717) is 11.4 Å². The Balaban J connectivity index is 2.29. The lowest BCUT2D eigenvalue weighted by molar-refractivity contribution is 0.174. The number of halogens is 2. The van der Waals surface area contributed by atoms with Crippen molar-refractivity contribution < 1.29 is 14.2 Å². The molecule has 25 heavy (non-hydrogen) atoms. The van der Waals surface area contributed by atoms with Crippen molar-refractivity contribution in [3.63, 3.8) is 0 Å². The molecule has 4 nitrogen and oxygen atoms in total. The molecule has 1 atom stereocenters. The molecule has 0 aliphatic carbocycles. The first kappa shape index (κ1) is 17.5. The average molecular weight is 361 g/mol. The zero-order chi connectivity index (χ0) is 18.0. The van der Waals surface area contributed by atoms with Crippen molar-refractivity contribution in [1.29, 1.82) is 0 Å². The van der Waals surface area contributed by atoms with Crippen LogP contribution in [0, 0.1) is 5.82 Å². The molecule has 1 aromatic heterocycles. The van der Waals surface area contributed by atoms with E-state index in [0.717, 1.165) is 5.56 Å². The van der Waals surface area contributed by atoms with Crippen molar-refractivity contribution in [1.82, 2.24) is 9.55 Å². The summed E-state index contributed by atoms with van der Waals surface area (Å²) in [6, 6.07) is 12.5. The minimum absolute atomic E-state index is 0.100. The third-order valence-electron chi connectivity index (χ3n) is 3.86. The summed E-state index contributed by atoms with van der Waals surface area (Å²) in [7, 11) is 1.40. The number of benzene rings is 2. The number of rotatable bonds is 5. The Labute approximate surface area is 150 Å².